The molecule has 0 fully saturated rings. The van der Waals surface area contributed by atoms with Crippen molar-refractivity contribution in [3.8, 4) is 0 Å². The highest BCUT2D eigenvalue weighted by atomic mass is 31.0. The van der Waals surface area contributed by atoms with Crippen LogP contribution in [0, 0.1) is 6.92 Å². The van der Waals surface area contributed by atoms with Gasteiger partial charge in [0.1, 0.15) is 0 Å². The molecule has 0 aliphatic heterocycles. The van der Waals surface area contributed by atoms with Gasteiger partial charge in [0.2, 0.25) is 0 Å². The van der Waals surface area contributed by atoms with Gasteiger partial charge in [0.05, 0.1) is 39.6 Å². The lowest BCUT2D eigenvalue weighted by Gasteiger charge is -2.25. The van der Waals surface area contributed by atoms with E-state index >= 15 is 0 Å². The first-order valence-electron chi connectivity index (χ1n) is 14.0. The number of hydrogen-bond acceptors (Lipinski definition) is 4. The number of hydrazone groups is 1. The molecule has 2 aromatic heterocycles. The summed E-state index contributed by atoms with van der Waals surface area (Å²) in [5.41, 5.74) is 11.8. The number of rotatable bonds is 8. The molecule has 0 radical (unpaired) electrons. The van der Waals surface area contributed by atoms with Crippen LogP contribution >= 0.6 is 9.24 Å². The number of aryl methyl sites for hydroxylation is 1. The van der Waals surface area contributed by atoms with Crippen molar-refractivity contribution >= 4 is 26.2 Å². The molecule has 0 saturated heterocycles. The van der Waals surface area contributed by atoms with Crippen LogP contribution in [0.1, 0.15) is 70.2 Å². The quantitative estimate of drug-likeness (QED) is 0.184. The van der Waals surface area contributed by atoms with Crippen molar-refractivity contribution in [3.63, 3.8) is 0 Å². The summed E-state index contributed by atoms with van der Waals surface area (Å²) in [7, 11) is 2.77. The topological polar surface area (TPSA) is 45.8 Å². The average Bonchev–Trinajstić information content (AvgIpc) is 3.12. The van der Waals surface area contributed by atoms with Gasteiger partial charge in [-0.05, 0) is 89.8 Å². The molecule has 4 rings (SSSR count). The van der Waals surface area contributed by atoms with E-state index in [9.17, 15) is 0 Å². The van der Waals surface area contributed by atoms with Crippen LogP contribution in [0.25, 0.3) is 5.57 Å². The number of allylic oxidation sites excluding steroid dienone is 12. The smallest absolute Gasteiger partial charge is 0.0867 e. The SMILES string of the molecule is C=C(C1=CC=CCC=C1C)N(/N=C(\C)c1cccc(/C(C)=N/n2c(C)ccc2C2=C(C)CC=CC=C2)n1)/C(P)=C\C. The second kappa shape index (κ2) is 13.5. The molecule has 41 heavy (non-hydrogen) atoms. The Morgan fingerprint density at radius 2 is 1.78 bits per heavy atom. The summed E-state index contributed by atoms with van der Waals surface area (Å²) in [5.74, 6) is 0. The number of nitrogens with zero attached hydrogens (tertiary/aromatic N) is 5. The van der Waals surface area contributed by atoms with Crippen molar-refractivity contribution in [2.45, 2.75) is 54.4 Å². The average molecular weight is 562 g/mol. The third kappa shape index (κ3) is 6.99. The Balaban J connectivity index is 1.68. The fourth-order valence-corrected chi connectivity index (χ4v) is 4.92. The summed E-state index contributed by atoms with van der Waals surface area (Å²) < 4.78 is 2.02. The third-order valence-electron chi connectivity index (χ3n) is 7.20. The molecule has 2 aromatic rings. The van der Waals surface area contributed by atoms with E-state index < -0.39 is 0 Å². The maximum atomic E-state index is 5.02. The lowest BCUT2D eigenvalue weighted by molar-refractivity contribution is 0.496. The maximum absolute atomic E-state index is 5.02. The van der Waals surface area contributed by atoms with Gasteiger partial charge in [-0.25, -0.2) is 14.7 Å². The molecule has 0 N–H and O–H groups in total. The van der Waals surface area contributed by atoms with E-state index in [1.807, 2.05) is 54.7 Å². The first kappa shape index (κ1) is 29.9. The standard InChI is InChI=1S/C35H40N5P/c1-8-35(41)40(29(7)30-18-13-9-11-16-24(30)2)38-28(6)33-21-15-20-32(36-33)27(5)37-39-26(4)22-23-34(39)31-19-14-10-12-17-25(31)3/h8-10,12-16,18-23H,7,11,17,41H2,1-6H3/b35-8+,37-27+,38-28+. The predicted octanol–water partition coefficient (Wildman–Crippen LogP) is 8.86. The van der Waals surface area contributed by atoms with Crippen LogP contribution in [0.5, 0.6) is 0 Å². The van der Waals surface area contributed by atoms with Gasteiger partial charge in [0, 0.05) is 11.3 Å². The van der Waals surface area contributed by atoms with Crippen molar-refractivity contribution in [2.24, 2.45) is 10.2 Å². The van der Waals surface area contributed by atoms with E-state index in [-0.39, 0.29) is 0 Å². The highest BCUT2D eigenvalue weighted by Gasteiger charge is 2.17. The molecular formula is C35H40N5P. The highest BCUT2D eigenvalue weighted by Crippen LogP contribution is 2.30. The van der Waals surface area contributed by atoms with Crippen LogP contribution in [-0.2, 0) is 0 Å². The van der Waals surface area contributed by atoms with E-state index in [1.165, 1.54) is 16.7 Å². The summed E-state index contributed by atoms with van der Waals surface area (Å²) in [6.45, 7) is 16.8. The molecule has 2 aliphatic rings. The highest BCUT2D eigenvalue weighted by molar-refractivity contribution is 7.22. The van der Waals surface area contributed by atoms with Gasteiger partial charge in [-0.3, -0.25) is 0 Å². The molecule has 2 aliphatic carbocycles. The summed E-state index contributed by atoms with van der Waals surface area (Å²) >= 11 is 0. The zero-order chi connectivity index (χ0) is 29.5. The first-order valence-corrected chi connectivity index (χ1v) is 14.5. The lowest BCUT2D eigenvalue weighted by Crippen LogP contribution is -2.18. The molecule has 0 spiro atoms. The van der Waals surface area contributed by atoms with Crippen molar-refractivity contribution in [1.29, 1.82) is 0 Å². The zero-order valence-corrected chi connectivity index (χ0v) is 26.2. The van der Waals surface area contributed by atoms with Gasteiger partial charge in [-0.2, -0.15) is 10.2 Å². The van der Waals surface area contributed by atoms with E-state index in [2.05, 4.69) is 97.3 Å². The molecular weight excluding hydrogens is 521 g/mol. The monoisotopic (exact) mass is 561 g/mol. The lowest BCUT2D eigenvalue weighted by atomic mass is 10.0. The van der Waals surface area contributed by atoms with E-state index in [0.29, 0.717) is 0 Å². The van der Waals surface area contributed by atoms with Crippen LogP contribution in [0.15, 0.2) is 130 Å². The fourth-order valence-electron chi connectivity index (χ4n) is 4.70. The second-order valence-electron chi connectivity index (χ2n) is 10.2. The maximum Gasteiger partial charge on any atom is 0.0867 e. The molecule has 5 nitrogen and oxygen atoms in total. The molecule has 1 atom stereocenters. The second-order valence-corrected chi connectivity index (χ2v) is 10.8. The number of pyridine rings is 1. The Kier molecular flexibility index (Phi) is 9.86. The molecule has 0 aromatic carbocycles. The summed E-state index contributed by atoms with van der Waals surface area (Å²) in [5, 5.41) is 11.9. The predicted molar refractivity (Wildman–Crippen MR) is 179 cm³/mol. The van der Waals surface area contributed by atoms with Gasteiger partial charge in [0.25, 0.3) is 0 Å². The number of hydrogen-bond donors (Lipinski definition) is 0. The van der Waals surface area contributed by atoms with Crippen molar-refractivity contribution in [1.82, 2.24) is 14.7 Å². The Morgan fingerprint density at radius 3 is 2.54 bits per heavy atom. The molecule has 1 unspecified atom stereocenters. The van der Waals surface area contributed by atoms with Crippen LogP contribution in [-0.4, -0.2) is 26.1 Å². The van der Waals surface area contributed by atoms with Crippen molar-refractivity contribution in [2.75, 3.05) is 0 Å². The minimum atomic E-state index is 0.781. The zero-order valence-electron chi connectivity index (χ0n) is 25.0. The van der Waals surface area contributed by atoms with Crippen molar-refractivity contribution in [3.05, 3.63) is 142 Å². The van der Waals surface area contributed by atoms with E-state index in [1.54, 1.807) is 0 Å². The number of aromatic nitrogens is 2. The Hall–Kier alpha value is -4.08. The Labute approximate surface area is 247 Å². The van der Waals surface area contributed by atoms with E-state index in [4.69, 9.17) is 15.2 Å². The summed E-state index contributed by atoms with van der Waals surface area (Å²) in [4.78, 5) is 4.96. The Morgan fingerprint density at radius 1 is 1.02 bits per heavy atom. The van der Waals surface area contributed by atoms with Gasteiger partial charge in [-0.1, -0.05) is 82.1 Å². The summed E-state index contributed by atoms with van der Waals surface area (Å²) in [6.07, 6.45) is 20.9. The third-order valence-corrected chi connectivity index (χ3v) is 7.77. The molecule has 0 saturated carbocycles. The first-order chi connectivity index (χ1) is 19.7. The largest absolute Gasteiger partial charge is 0.245 e. The van der Waals surface area contributed by atoms with Crippen LogP contribution in [0.2, 0.25) is 0 Å². The molecule has 0 amide bonds. The fraction of sp³-hybridized carbons (Fsp3) is 0.229. The molecule has 2 heterocycles. The molecule has 6 heteroatoms. The normalized spacial score (nSPS) is 16.4. The van der Waals surface area contributed by atoms with Gasteiger partial charge >= 0.3 is 0 Å². The van der Waals surface area contributed by atoms with E-state index in [0.717, 1.165) is 63.7 Å². The van der Waals surface area contributed by atoms with Gasteiger partial charge in [-0.15, -0.1) is 0 Å². The Bertz CT molecular complexity index is 1610. The minimum absolute atomic E-state index is 0.781. The van der Waals surface area contributed by atoms with Gasteiger partial charge in [0.15, 0.2) is 0 Å². The molecule has 210 valence electrons. The van der Waals surface area contributed by atoms with Crippen LogP contribution in [0.3, 0.4) is 0 Å². The van der Waals surface area contributed by atoms with Gasteiger partial charge < -0.3 is 0 Å². The van der Waals surface area contributed by atoms with Crippen LogP contribution < -0.4 is 0 Å². The van der Waals surface area contributed by atoms with Crippen molar-refractivity contribution < 1.29 is 0 Å². The molecule has 0 bridgehead atoms. The summed E-state index contributed by atoms with van der Waals surface area (Å²) in [6, 6.07) is 10.2. The van der Waals surface area contributed by atoms with Crippen LogP contribution in [0.4, 0.5) is 0 Å². The minimum Gasteiger partial charge on any atom is -0.245 e.